The number of hydrogen-bond donors (Lipinski definition) is 1. The Morgan fingerprint density at radius 2 is 1.92 bits per heavy atom. The standard InChI is InChI=1S/C12H22O/c1-4-7-9-11(6-3)12(13)10-8-5-2/h12-13H,3-5,7-10H2,1-2H3. The molecule has 0 radical (unpaired) electrons. The van der Waals surface area contributed by atoms with Gasteiger partial charge in [0.15, 0.2) is 0 Å². The predicted octanol–water partition coefficient (Wildman–Crippen LogP) is 3.44. The van der Waals surface area contributed by atoms with E-state index < -0.39 is 0 Å². The minimum atomic E-state index is -0.302. The highest BCUT2D eigenvalue weighted by molar-refractivity contribution is 5.05. The van der Waals surface area contributed by atoms with Gasteiger partial charge in [0.25, 0.3) is 0 Å². The second-order valence-corrected chi connectivity index (χ2v) is 3.46. The molecule has 1 heteroatoms. The zero-order valence-corrected chi connectivity index (χ0v) is 8.97. The Hall–Kier alpha value is -0.520. The topological polar surface area (TPSA) is 20.2 Å². The molecule has 0 aliphatic rings. The van der Waals surface area contributed by atoms with Crippen molar-refractivity contribution in [2.75, 3.05) is 0 Å². The first-order chi connectivity index (χ1) is 6.26. The third kappa shape index (κ3) is 5.68. The van der Waals surface area contributed by atoms with E-state index in [0.29, 0.717) is 0 Å². The SMILES string of the molecule is C=C=C(CCCC)C(O)CCCC. The van der Waals surface area contributed by atoms with Crippen LogP contribution in [0.3, 0.4) is 0 Å². The van der Waals surface area contributed by atoms with Crippen molar-refractivity contribution in [1.29, 1.82) is 0 Å². The maximum Gasteiger partial charge on any atom is 0.0823 e. The summed E-state index contributed by atoms with van der Waals surface area (Å²) in [4.78, 5) is 0. The highest BCUT2D eigenvalue weighted by Gasteiger charge is 2.08. The van der Waals surface area contributed by atoms with Gasteiger partial charge in [-0.25, -0.2) is 0 Å². The zero-order valence-electron chi connectivity index (χ0n) is 8.97. The largest absolute Gasteiger partial charge is 0.388 e. The lowest BCUT2D eigenvalue weighted by Crippen LogP contribution is -2.09. The molecule has 0 amide bonds. The van der Waals surface area contributed by atoms with Gasteiger partial charge in [0.2, 0.25) is 0 Å². The van der Waals surface area contributed by atoms with E-state index in [1.165, 1.54) is 0 Å². The summed E-state index contributed by atoms with van der Waals surface area (Å²) in [5, 5.41) is 9.73. The molecule has 0 aliphatic heterocycles. The van der Waals surface area contributed by atoms with Crippen LogP contribution in [0.5, 0.6) is 0 Å². The summed E-state index contributed by atoms with van der Waals surface area (Å²) >= 11 is 0. The summed E-state index contributed by atoms with van der Waals surface area (Å²) in [5.41, 5.74) is 3.86. The number of hydrogen-bond acceptors (Lipinski definition) is 1. The average molecular weight is 182 g/mol. The van der Waals surface area contributed by atoms with E-state index in [1.807, 2.05) is 0 Å². The molecule has 1 unspecified atom stereocenters. The Kier molecular flexibility index (Phi) is 7.77. The van der Waals surface area contributed by atoms with Crippen molar-refractivity contribution in [3.63, 3.8) is 0 Å². The smallest absolute Gasteiger partial charge is 0.0823 e. The van der Waals surface area contributed by atoms with E-state index in [0.717, 1.165) is 44.1 Å². The third-order valence-electron chi connectivity index (χ3n) is 2.26. The molecule has 0 rings (SSSR count). The number of rotatable bonds is 7. The predicted molar refractivity (Wildman–Crippen MR) is 57.7 cm³/mol. The van der Waals surface area contributed by atoms with Crippen LogP contribution in [-0.4, -0.2) is 11.2 Å². The summed E-state index contributed by atoms with van der Waals surface area (Å²) in [6, 6.07) is 0. The maximum absolute atomic E-state index is 9.73. The zero-order chi connectivity index (χ0) is 10.1. The van der Waals surface area contributed by atoms with E-state index >= 15 is 0 Å². The second kappa shape index (κ2) is 8.10. The Balaban J connectivity index is 3.86. The highest BCUT2D eigenvalue weighted by atomic mass is 16.3. The van der Waals surface area contributed by atoms with Crippen LogP contribution in [0.4, 0.5) is 0 Å². The van der Waals surface area contributed by atoms with E-state index in [9.17, 15) is 5.11 Å². The van der Waals surface area contributed by atoms with Crippen molar-refractivity contribution >= 4 is 0 Å². The van der Waals surface area contributed by atoms with Gasteiger partial charge in [-0.2, -0.15) is 0 Å². The van der Waals surface area contributed by atoms with Gasteiger partial charge < -0.3 is 5.11 Å². The first kappa shape index (κ1) is 12.5. The molecule has 13 heavy (non-hydrogen) atoms. The Morgan fingerprint density at radius 1 is 1.31 bits per heavy atom. The lowest BCUT2D eigenvalue weighted by Gasteiger charge is -2.11. The van der Waals surface area contributed by atoms with Gasteiger partial charge in [0, 0.05) is 0 Å². The van der Waals surface area contributed by atoms with E-state index in [4.69, 9.17) is 0 Å². The molecule has 1 N–H and O–H groups in total. The molecule has 0 spiro atoms. The van der Waals surface area contributed by atoms with Crippen LogP contribution in [0.25, 0.3) is 0 Å². The van der Waals surface area contributed by atoms with Gasteiger partial charge in [-0.05, 0) is 24.8 Å². The molecule has 0 aromatic rings. The molecule has 1 nitrogen and oxygen atoms in total. The molecule has 1 atom stereocenters. The summed E-state index contributed by atoms with van der Waals surface area (Å²) in [5.74, 6) is 0. The van der Waals surface area contributed by atoms with Crippen molar-refractivity contribution in [3.8, 4) is 0 Å². The van der Waals surface area contributed by atoms with Crippen molar-refractivity contribution in [2.45, 2.75) is 58.5 Å². The molecule has 0 fully saturated rings. The van der Waals surface area contributed by atoms with Crippen LogP contribution in [0.1, 0.15) is 52.4 Å². The third-order valence-corrected chi connectivity index (χ3v) is 2.26. The monoisotopic (exact) mass is 182 g/mol. The van der Waals surface area contributed by atoms with Crippen molar-refractivity contribution in [1.82, 2.24) is 0 Å². The van der Waals surface area contributed by atoms with Gasteiger partial charge >= 0.3 is 0 Å². The lowest BCUT2D eigenvalue weighted by atomic mass is 10.00. The quantitative estimate of drug-likeness (QED) is 0.598. The van der Waals surface area contributed by atoms with Crippen molar-refractivity contribution in [3.05, 3.63) is 17.9 Å². The van der Waals surface area contributed by atoms with Crippen LogP contribution < -0.4 is 0 Å². The average Bonchev–Trinajstić information content (AvgIpc) is 2.16. The van der Waals surface area contributed by atoms with E-state index in [1.54, 1.807) is 0 Å². The number of aliphatic hydroxyl groups excluding tert-OH is 1. The van der Waals surface area contributed by atoms with E-state index in [2.05, 4.69) is 26.2 Å². The fraction of sp³-hybridized carbons (Fsp3) is 0.750. The second-order valence-electron chi connectivity index (χ2n) is 3.46. The highest BCUT2D eigenvalue weighted by Crippen LogP contribution is 2.15. The molecule has 0 bridgehead atoms. The molecule has 0 heterocycles. The summed E-state index contributed by atoms with van der Waals surface area (Å²) < 4.78 is 0. The Labute approximate surface area is 82.2 Å². The normalized spacial score (nSPS) is 12.2. The van der Waals surface area contributed by atoms with Gasteiger partial charge in [0.05, 0.1) is 6.10 Å². The Morgan fingerprint density at radius 3 is 2.38 bits per heavy atom. The summed E-state index contributed by atoms with van der Waals surface area (Å²) in [6.45, 7) is 7.91. The van der Waals surface area contributed by atoms with Crippen LogP contribution in [0, 0.1) is 0 Å². The van der Waals surface area contributed by atoms with Crippen LogP contribution >= 0.6 is 0 Å². The fourth-order valence-electron chi connectivity index (χ4n) is 1.31. The summed E-state index contributed by atoms with van der Waals surface area (Å²) in [6.07, 6.45) is 6.01. The minimum Gasteiger partial charge on any atom is -0.388 e. The van der Waals surface area contributed by atoms with Gasteiger partial charge in [0.1, 0.15) is 0 Å². The van der Waals surface area contributed by atoms with Crippen molar-refractivity contribution in [2.24, 2.45) is 0 Å². The van der Waals surface area contributed by atoms with Gasteiger partial charge in [-0.15, -0.1) is 5.73 Å². The van der Waals surface area contributed by atoms with E-state index in [-0.39, 0.29) is 6.10 Å². The molecular formula is C12H22O. The first-order valence-corrected chi connectivity index (χ1v) is 5.33. The molecule has 76 valence electrons. The maximum atomic E-state index is 9.73. The van der Waals surface area contributed by atoms with Gasteiger partial charge in [-0.3, -0.25) is 0 Å². The van der Waals surface area contributed by atoms with Crippen LogP contribution in [0.2, 0.25) is 0 Å². The summed E-state index contributed by atoms with van der Waals surface area (Å²) in [7, 11) is 0. The molecule has 0 saturated heterocycles. The number of aliphatic hydroxyl groups is 1. The molecule has 0 aromatic carbocycles. The van der Waals surface area contributed by atoms with Crippen LogP contribution in [0.15, 0.2) is 17.9 Å². The fourth-order valence-corrected chi connectivity index (χ4v) is 1.31. The van der Waals surface area contributed by atoms with Gasteiger partial charge in [-0.1, -0.05) is 39.7 Å². The Bertz CT molecular complexity index is 166. The minimum absolute atomic E-state index is 0.302. The molecule has 0 saturated carbocycles. The van der Waals surface area contributed by atoms with Crippen LogP contribution in [-0.2, 0) is 0 Å². The first-order valence-electron chi connectivity index (χ1n) is 5.33. The van der Waals surface area contributed by atoms with Crippen molar-refractivity contribution < 1.29 is 5.11 Å². The lowest BCUT2D eigenvalue weighted by molar-refractivity contribution is 0.192. The number of unbranched alkanes of at least 4 members (excludes halogenated alkanes) is 2. The molecular weight excluding hydrogens is 160 g/mol. The molecule has 0 aliphatic carbocycles. The molecule has 0 aromatic heterocycles.